The van der Waals surface area contributed by atoms with Crippen molar-refractivity contribution in [1.82, 2.24) is 14.7 Å². The van der Waals surface area contributed by atoms with E-state index in [-0.39, 0.29) is 0 Å². The van der Waals surface area contributed by atoms with E-state index in [1.807, 2.05) is 0 Å². The van der Waals surface area contributed by atoms with Crippen LogP contribution in [0.5, 0.6) is 0 Å². The summed E-state index contributed by atoms with van der Waals surface area (Å²) in [5, 5.41) is 0. The second-order valence-corrected chi connectivity index (χ2v) is 7.97. The largest absolute Gasteiger partial charge is 0.303 e. The second-order valence-electron chi connectivity index (χ2n) is 7.97. The molecule has 2 aliphatic heterocycles. The van der Waals surface area contributed by atoms with Crippen LogP contribution in [-0.2, 0) is 0 Å². The first-order valence-electron chi connectivity index (χ1n) is 9.39. The number of hydrogen-bond acceptors (Lipinski definition) is 3. The SMILES string of the molecule is CC(C)N1CCN(CC2CCN(CC3CCC3)CC2)CC1. The van der Waals surface area contributed by atoms with E-state index in [9.17, 15) is 0 Å². The van der Waals surface area contributed by atoms with Gasteiger partial charge in [0.15, 0.2) is 0 Å². The predicted molar refractivity (Wildman–Crippen MR) is 89.7 cm³/mol. The quantitative estimate of drug-likeness (QED) is 0.771. The van der Waals surface area contributed by atoms with Gasteiger partial charge in [0.05, 0.1) is 0 Å². The minimum atomic E-state index is 0.724. The van der Waals surface area contributed by atoms with Crippen LogP contribution >= 0.6 is 0 Å². The molecular formula is C18H35N3. The van der Waals surface area contributed by atoms with Gasteiger partial charge in [0.1, 0.15) is 0 Å². The minimum Gasteiger partial charge on any atom is -0.303 e. The maximum Gasteiger partial charge on any atom is 0.0113 e. The van der Waals surface area contributed by atoms with Crippen molar-refractivity contribution in [3.8, 4) is 0 Å². The van der Waals surface area contributed by atoms with Crippen molar-refractivity contribution in [2.75, 3.05) is 52.4 Å². The topological polar surface area (TPSA) is 9.72 Å². The van der Waals surface area contributed by atoms with Crippen LogP contribution in [-0.4, -0.2) is 73.1 Å². The Balaban J connectivity index is 1.32. The van der Waals surface area contributed by atoms with Crippen LogP contribution in [0, 0.1) is 11.8 Å². The number of rotatable bonds is 5. The summed E-state index contributed by atoms with van der Waals surface area (Å²) in [5.41, 5.74) is 0. The molecule has 1 aliphatic carbocycles. The van der Waals surface area contributed by atoms with E-state index in [2.05, 4.69) is 28.5 Å². The zero-order valence-electron chi connectivity index (χ0n) is 14.3. The molecule has 3 fully saturated rings. The van der Waals surface area contributed by atoms with Gasteiger partial charge in [-0.15, -0.1) is 0 Å². The first-order valence-corrected chi connectivity index (χ1v) is 9.39. The summed E-state index contributed by atoms with van der Waals surface area (Å²) in [4.78, 5) is 8.10. The van der Waals surface area contributed by atoms with Crippen molar-refractivity contribution in [3.63, 3.8) is 0 Å². The summed E-state index contributed by atoms with van der Waals surface area (Å²) in [6.07, 6.45) is 7.37. The zero-order chi connectivity index (χ0) is 14.7. The fraction of sp³-hybridized carbons (Fsp3) is 1.00. The van der Waals surface area contributed by atoms with E-state index in [0.717, 1.165) is 17.9 Å². The Morgan fingerprint density at radius 1 is 0.714 bits per heavy atom. The van der Waals surface area contributed by atoms with Gasteiger partial charge in [0, 0.05) is 45.3 Å². The van der Waals surface area contributed by atoms with Crippen LogP contribution in [0.4, 0.5) is 0 Å². The third-order valence-corrected chi connectivity index (χ3v) is 6.10. The highest BCUT2D eigenvalue weighted by Gasteiger charge is 2.26. The fourth-order valence-electron chi connectivity index (χ4n) is 4.22. The highest BCUT2D eigenvalue weighted by Crippen LogP contribution is 2.29. The first kappa shape index (κ1) is 15.8. The Morgan fingerprint density at radius 3 is 1.71 bits per heavy atom. The molecular weight excluding hydrogens is 258 g/mol. The molecule has 2 heterocycles. The molecule has 3 aliphatic rings. The van der Waals surface area contributed by atoms with Crippen molar-refractivity contribution < 1.29 is 0 Å². The monoisotopic (exact) mass is 293 g/mol. The molecule has 0 spiro atoms. The zero-order valence-corrected chi connectivity index (χ0v) is 14.3. The Bertz CT molecular complexity index is 298. The van der Waals surface area contributed by atoms with Crippen molar-refractivity contribution in [2.45, 2.75) is 52.0 Å². The molecule has 2 saturated heterocycles. The van der Waals surface area contributed by atoms with Crippen LogP contribution in [0.3, 0.4) is 0 Å². The van der Waals surface area contributed by atoms with Crippen LogP contribution in [0.25, 0.3) is 0 Å². The van der Waals surface area contributed by atoms with E-state index in [1.165, 1.54) is 84.5 Å². The number of piperazine rings is 1. The van der Waals surface area contributed by atoms with E-state index < -0.39 is 0 Å². The highest BCUT2D eigenvalue weighted by molar-refractivity contribution is 4.81. The molecule has 0 atom stereocenters. The normalized spacial score (nSPS) is 28.1. The molecule has 3 nitrogen and oxygen atoms in total. The van der Waals surface area contributed by atoms with Gasteiger partial charge in [-0.2, -0.15) is 0 Å². The van der Waals surface area contributed by atoms with Crippen LogP contribution < -0.4 is 0 Å². The molecule has 3 heteroatoms. The van der Waals surface area contributed by atoms with E-state index in [0.29, 0.717) is 0 Å². The summed E-state index contributed by atoms with van der Waals surface area (Å²) < 4.78 is 0. The van der Waals surface area contributed by atoms with E-state index >= 15 is 0 Å². The summed E-state index contributed by atoms with van der Waals surface area (Å²) >= 11 is 0. The molecule has 0 aromatic carbocycles. The lowest BCUT2D eigenvalue weighted by atomic mass is 9.84. The molecule has 21 heavy (non-hydrogen) atoms. The van der Waals surface area contributed by atoms with Gasteiger partial charge in [-0.1, -0.05) is 6.42 Å². The lowest BCUT2D eigenvalue weighted by Crippen LogP contribution is -2.50. The Kier molecular flexibility index (Phi) is 5.58. The second kappa shape index (κ2) is 7.43. The average molecular weight is 293 g/mol. The predicted octanol–water partition coefficient (Wildman–Crippen LogP) is 2.52. The molecule has 122 valence electrons. The van der Waals surface area contributed by atoms with Gasteiger partial charge in [-0.3, -0.25) is 4.90 Å². The molecule has 0 amide bonds. The smallest absolute Gasteiger partial charge is 0.0113 e. The summed E-state index contributed by atoms with van der Waals surface area (Å²) in [5.74, 6) is 2.01. The van der Waals surface area contributed by atoms with Gasteiger partial charge in [-0.25, -0.2) is 0 Å². The van der Waals surface area contributed by atoms with Gasteiger partial charge in [0.25, 0.3) is 0 Å². The fourth-order valence-corrected chi connectivity index (χ4v) is 4.22. The molecule has 0 bridgehead atoms. The maximum atomic E-state index is 2.75. The number of likely N-dealkylation sites (tertiary alicyclic amines) is 1. The van der Waals surface area contributed by atoms with Crippen LogP contribution in [0.1, 0.15) is 46.0 Å². The van der Waals surface area contributed by atoms with Gasteiger partial charge < -0.3 is 9.80 Å². The van der Waals surface area contributed by atoms with Crippen molar-refractivity contribution >= 4 is 0 Å². The molecule has 1 saturated carbocycles. The molecule has 0 N–H and O–H groups in total. The van der Waals surface area contributed by atoms with E-state index in [1.54, 1.807) is 0 Å². The maximum absolute atomic E-state index is 2.75. The Morgan fingerprint density at radius 2 is 1.24 bits per heavy atom. The van der Waals surface area contributed by atoms with Crippen LogP contribution in [0.2, 0.25) is 0 Å². The Labute approximate surface area is 131 Å². The summed E-state index contributed by atoms with van der Waals surface area (Å²) in [6, 6.07) is 0.724. The third-order valence-electron chi connectivity index (χ3n) is 6.10. The van der Waals surface area contributed by atoms with Gasteiger partial charge in [0.2, 0.25) is 0 Å². The third kappa shape index (κ3) is 4.43. The number of nitrogens with zero attached hydrogens (tertiary/aromatic N) is 3. The van der Waals surface area contributed by atoms with Crippen molar-refractivity contribution in [3.05, 3.63) is 0 Å². The van der Waals surface area contributed by atoms with Crippen LogP contribution in [0.15, 0.2) is 0 Å². The van der Waals surface area contributed by atoms with Crippen molar-refractivity contribution in [2.24, 2.45) is 11.8 Å². The Hall–Kier alpha value is -0.120. The number of piperidine rings is 1. The number of hydrogen-bond donors (Lipinski definition) is 0. The molecule has 0 aromatic rings. The summed E-state index contributed by atoms with van der Waals surface area (Å²) in [7, 11) is 0. The summed E-state index contributed by atoms with van der Waals surface area (Å²) in [6.45, 7) is 15.3. The average Bonchev–Trinajstić information content (AvgIpc) is 2.45. The molecule has 0 aromatic heterocycles. The highest BCUT2D eigenvalue weighted by atomic mass is 15.3. The van der Waals surface area contributed by atoms with Gasteiger partial charge >= 0.3 is 0 Å². The molecule has 3 rings (SSSR count). The standard InChI is InChI=1S/C18H35N3/c1-16(2)21-12-10-20(11-13-21)15-18-6-8-19(9-7-18)14-17-4-3-5-17/h16-18H,3-15H2,1-2H3. The molecule has 0 unspecified atom stereocenters. The minimum absolute atomic E-state index is 0.724. The van der Waals surface area contributed by atoms with Crippen molar-refractivity contribution in [1.29, 1.82) is 0 Å². The first-order chi connectivity index (χ1) is 10.2. The lowest BCUT2D eigenvalue weighted by Gasteiger charge is -2.41. The van der Waals surface area contributed by atoms with E-state index in [4.69, 9.17) is 0 Å². The molecule has 0 radical (unpaired) electrons. The van der Waals surface area contributed by atoms with Gasteiger partial charge in [-0.05, 0) is 64.5 Å². The lowest BCUT2D eigenvalue weighted by molar-refractivity contribution is 0.0745.